The topological polar surface area (TPSA) is 261 Å². The third-order valence-electron chi connectivity index (χ3n) is 11.8. The van der Waals surface area contributed by atoms with Gasteiger partial charge >= 0.3 is 24.1 Å². The molecule has 1 aliphatic heterocycles. The largest absolute Gasteiger partial charge is 0.477 e. The highest BCUT2D eigenvalue weighted by Gasteiger charge is 2.52. The molecular weight excluding hydrogens is 892 g/mol. The number of ether oxygens (including phenoxy) is 2. The molecule has 1 saturated heterocycles. The highest BCUT2D eigenvalue weighted by atomic mass is 32.1. The summed E-state index contributed by atoms with van der Waals surface area (Å²) in [5, 5.41) is 23.9. The number of primary amides is 1. The number of thiophene rings is 1. The maximum Gasteiger partial charge on any atom is 0.410 e. The number of nitrogens with zero attached hydrogens (tertiary/aromatic N) is 3. The molecule has 19 nitrogen and oxygen atoms in total. The number of aromatic nitrogens is 1. The van der Waals surface area contributed by atoms with Crippen LogP contribution in [0.2, 0.25) is 0 Å². The van der Waals surface area contributed by atoms with Gasteiger partial charge in [0.15, 0.2) is 0 Å². The molecule has 67 heavy (non-hydrogen) atoms. The molecule has 356 valence electrons. The van der Waals surface area contributed by atoms with E-state index in [1.54, 1.807) is 57.5 Å². The van der Waals surface area contributed by atoms with Gasteiger partial charge in [-0.25, -0.2) is 18.8 Å². The van der Waals surface area contributed by atoms with Crippen LogP contribution in [0.15, 0.2) is 76.9 Å². The van der Waals surface area contributed by atoms with Gasteiger partial charge in [-0.3, -0.25) is 24.0 Å². The maximum atomic E-state index is 15.4. The van der Waals surface area contributed by atoms with E-state index in [0.717, 1.165) is 6.07 Å². The van der Waals surface area contributed by atoms with Crippen LogP contribution in [0, 0.1) is 11.2 Å². The number of benzene rings is 2. The van der Waals surface area contributed by atoms with E-state index < -0.39 is 76.1 Å². The molecule has 2 aliphatic rings. The number of carboxylic acid groups (broad SMARTS) is 1. The van der Waals surface area contributed by atoms with Crippen molar-refractivity contribution in [3.63, 3.8) is 0 Å². The molecule has 2 fully saturated rings. The van der Waals surface area contributed by atoms with Crippen LogP contribution in [0.5, 0.6) is 0 Å². The maximum absolute atomic E-state index is 15.4. The van der Waals surface area contributed by atoms with Crippen LogP contribution in [0.25, 0.3) is 10.9 Å². The summed E-state index contributed by atoms with van der Waals surface area (Å²) in [5.74, 6) is -4.47. The lowest BCUT2D eigenvalue weighted by molar-refractivity contribution is -0.151. The summed E-state index contributed by atoms with van der Waals surface area (Å²) in [6.45, 7) is 6.65. The summed E-state index contributed by atoms with van der Waals surface area (Å²) in [5.41, 5.74) is 4.75. The fourth-order valence-electron chi connectivity index (χ4n) is 7.91. The molecule has 2 atom stereocenters. The van der Waals surface area contributed by atoms with E-state index in [2.05, 4.69) is 27.8 Å². The second kappa shape index (κ2) is 22.3. The van der Waals surface area contributed by atoms with Crippen molar-refractivity contribution < 1.29 is 52.5 Å². The van der Waals surface area contributed by atoms with Crippen molar-refractivity contribution in [2.24, 2.45) is 11.1 Å². The number of amides is 6. The number of hydrogen-bond acceptors (Lipinski definition) is 12. The Kier molecular flexibility index (Phi) is 16.3. The lowest BCUT2D eigenvalue weighted by Gasteiger charge is -2.40. The number of aryl methyl sites for hydroxylation is 1. The van der Waals surface area contributed by atoms with Crippen LogP contribution in [-0.4, -0.2) is 102 Å². The molecule has 0 radical (unpaired) electrons. The number of nitrogens with one attached hydrogen (secondary N) is 4. The second-order valence-electron chi connectivity index (χ2n) is 16.2. The summed E-state index contributed by atoms with van der Waals surface area (Å²) in [7, 11) is 0. The highest BCUT2D eigenvalue weighted by Crippen LogP contribution is 2.42. The van der Waals surface area contributed by atoms with Gasteiger partial charge in [0, 0.05) is 56.5 Å². The molecule has 6 rings (SSSR count). The third kappa shape index (κ3) is 11.9. The van der Waals surface area contributed by atoms with Crippen molar-refractivity contribution in [1.29, 1.82) is 0 Å². The minimum atomic E-state index is -1.50. The number of nitrogens with two attached hydrogens (primary N) is 1. The summed E-state index contributed by atoms with van der Waals surface area (Å²) in [6.07, 6.45) is 3.28. The van der Waals surface area contributed by atoms with Gasteiger partial charge in [0.2, 0.25) is 23.2 Å². The van der Waals surface area contributed by atoms with E-state index in [4.69, 9.17) is 15.2 Å². The highest BCUT2D eigenvalue weighted by molar-refractivity contribution is 7.08. The first-order valence-electron chi connectivity index (χ1n) is 21.7. The van der Waals surface area contributed by atoms with Crippen molar-refractivity contribution in [3.8, 4) is 0 Å². The fourth-order valence-corrected chi connectivity index (χ4v) is 8.62. The van der Waals surface area contributed by atoms with Gasteiger partial charge in [-0.05, 0) is 84.8 Å². The third-order valence-corrected chi connectivity index (χ3v) is 12.5. The molecule has 0 spiro atoms. The zero-order valence-electron chi connectivity index (χ0n) is 36.8. The number of halogens is 1. The molecule has 2 aromatic carbocycles. The smallest absolute Gasteiger partial charge is 0.410 e. The van der Waals surface area contributed by atoms with Gasteiger partial charge in [-0.2, -0.15) is 11.3 Å². The number of pyridine rings is 1. The van der Waals surface area contributed by atoms with Gasteiger partial charge in [0.1, 0.15) is 36.1 Å². The summed E-state index contributed by atoms with van der Waals surface area (Å²) < 4.78 is 27.7. The predicted octanol–water partition coefficient (Wildman–Crippen LogP) is 4.40. The molecule has 0 unspecified atom stereocenters. The first kappa shape index (κ1) is 49.2. The SMILES string of the molecule is C=CCOC(=O)C[C@H](NC(=O)C1(C(=O)N[C@@H](CCCNC(N)=O)C(=O)Nc2ccc(COC(=O)N3CCN(c4cc5c(cc4F)c(=O)c(C(=O)O)cn5CC)CC3)cc2)CCC1)c1ccsc1. The molecule has 1 saturated carbocycles. The Hall–Kier alpha value is -7.29. The molecule has 0 bridgehead atoms. The Bertz CT molecular complexity index is 2560. The Morgan fingerprint density at radius 3 is 2.33 bits per heavy atom. The van der Waals surface area contributed by atoms with E-state index in [1.807, 2.05) is 0 Å². The molecule has 3 heterocycles. The minimum absolute atomic E-state index is 0.00366. The van der Waals surface area contributed by atoms with Crippen molar-refractivity contribution in [2.75, 3.05) is 49.5 Å². The van der Waals surface area contributed by atoms with E-state index in [9.17, 15) is 43.5 Å². The molecule has 4 aromatic rings. The van der Waals surface area contributed by atoms with Crippen LogP contribution >= 0.6 is 11.3 Å². The van der Waals surface area contributed by atoms with Crippen LogP contribution < -0.4 is 37.3 Å². The Morgan fingerprint density at radius 1 is 1.00 bits per heavy atom. The number of hydrogen-bond donors (Lipinski definition) is 6. The van der Waals surface area contributed by atoms with Crippen LogP contribution in [0.3, 0.4) is 0 Å². The molecule has 6 amide bonds. The molecule has 2 aromatic heterocycles. The van der Waals surface area contributed by atoms with Crippen molar-refractivity contribution >= 4 is 75.4 Å². The Balaban J connectivity index is 1.04. The molecule has 21 heteroatoms. The number of fused-ring (bicyclic) bond motifs is 1. The van der Waals surface area contributed by atoms with E-state index in [1.165, 1.54) is 34.6 Å². The normalized spacial score (nSPS) is 15.0. The summed E-state index contributed by atoms with van der Waals surface area (Å²) in [6, 6.07) is 8.18. The van der Waals surface area contributed by atoms with Crippen LogP contribution in [-0.2, 0) is 41.8 Å². The van der Waals surface area contributed by atoms with Gasteiger partial charge in [-0.15, -0.1) is 0 Å². The molecule has 1 aliphatic carbocycles. The zero-order valence-corrected chi connectivity index (χ0v) is 37.7. The van der Waals surface area contributed by atoms with Crippen LogP contribution in [0.1, 0.15) is 73.0 Å². The monoisotopic (exact) mass is 944 g/mol. The average Bonchev–Trinajstić information content (AvgIpc) is 3.84. The summed E-state index contributed by atoms with van der Waals surface area (Å²) in [4.78, 5) is 106. The van der Waals surface area contributed by atoms with Gasteiger partial charge in [-0.1, -0.05) is 31.2 Å². The van der Waals surface area contributed by atoms with Gasteiger partial charge < -0.3 is 55.9 Å². The lowest BCUT2D eigenvalue weighted by atomic mass is 9.67. The number of carbonyl (C=O) groups is 7. The first-order valence-corrected chi connectivity index (χ1v) is 22.7. The number of anilines is 2. The lowest BCUT2D eigenvalue weighted by Crippen LogP contribution is -2.59. The van der Waals surface area contributed by atoms with Crippen molar-refractivity contribution in [3.05, 3.63) is 105 Å². The number of esters is 1. The Morgan fingerprint density at radius 2 is 1.72 bits per heavy atom. The quantitative estimate of drug-likeness (QED) is 0.0312. The van der Waals surface area contributed by atoms with E-state index >= 15 is 4.39 Å². The summed E-state index contributed by atoms with van der Waals surface area (Å²) >= 11 is 1.38. The number of urea groups is 1. The predicted molar refractivity (Wildman–Crippen MR) is 246 cm³/mol. The minimum Gasteiger partial charge on any atom is -0.477 e. The van der Waals surface area contributed by atoms with E-state index in [0.29, 0.717) is 35.3 Å². The Labute approximate surface area is 388 Å². The zero-order chi connectivity index (χ0) is 48.3. The second-order valence-corrected chi connectivity index (χ2v) is 16.9. The fraction of sp³-hybridized carbons (Fsp3) is 0.391. The number of carbonyl (C=O) groups excluding carboxylic acids is 6. The van der Waals surface area contributed by atoms with Crippen LogP contribution in [0.4, 0.5) is 25.4 Å². The van der Waals surface area contributed by atoms with E-state index in [-0.39, 0.29) is 89.1 Å². The molecule has 7 N–H and O–H groups in total. The first-order chi connectivity index (χ1) is 32.1. The molecular formula is C46H53FN8O11S. The average molecular weight is 945 g/mol. The van der Waals surface area contributed by atoms with Gasteiger partial charge in [0.25, 0.3) is 0 Å². The van der Waals surface area contributed by atoms with Crippen molar-refractivity contribution in [1.82, 2.24) is 25.4 Å². The number of rotatable bonds is 20. The number of piperazine rings is 1. The van der Waals surface area contributed by atoms with Crippen molar-refractivity contribution in [2.45, 2.75) is 70.7 Å². The van der Waals surface area contributed by atoms with Gasteiger partial charge in [0.05, 0.1) is 23.7 Å². The standard InChI is InChI=1S/C46H53FN8O11S/c1-3-20-65-38(56)23-35(29-12-21-67-27-29)52-43(62)46(13-6-14-46)42(61)51-34(7-5-15-49-44(48)63)40(58)50-30-10-8-28(9-11-30)26-66-45(64)55-18-16-54(17-19-55)37-24-36-31(22-33(37)47)39(57)32(41(59)60)25-53(36)4-2/h3,8-12,21-22,24-25,27,34-35H,1,4-7,13-20,23,26H2,2H3,(H,50,58)(H,51,61)(H,52,62)(H,59,60)(H3,48,49,63)/t34-,35-/m0/s1. The number of aromatic carboxylic acids is 1. The number of carboxylic acids is 1.